The van der Waals surface area contributed by atoms with Crippen LogP contribution in [0.25, 0.3) is 0 Å². The third kappa shape index (κ3) is 2.80. The molecule has 1 aromatic rings. The van der Waals surface area contributed by atoms with Crippen LogP contribution in [0, 0.1) is 18.8 Å². The fourth-order valence-electron chi connectivity index (χ4n) is 4.14. The highest BCUT2D eigenvalue weighted by atomic mass is 32.1. The van der Waals surface area contributed by atoms with Crippen molar-refractivity contribution in [2.75, 3.05) is 19.6 Å². The van der Waals surface area contributed by atoms with Crippen molar-refractivity contribution in [3.63, 3.8) is 0 Å². The molecule has 4 nitrogen and oxygen atoms in total. The molecule has 1 saturated carbocycles. The number of amides is 2. The number of carbonyl (C=O) groups excluding carboxylic acids is 2. The Morgan fingerprint density at radius 3 is 2.74 bits per heavy atom. The first kappa shape index (κ1) is 15.2. The minimum absolute atomic E-state index is 0.0116. The van der Waals surface area contributed by atoms with Crippen LogP contribution >= 0.6 is 11.3 Å². The van der Waals surface area contributed by atoms with Crippen LogP contribution in [0.2, 0.25) is 0 Å². The van der Waals surface area contributed by atoms with Gasteiger partial charge < -0.3 is 9.80 Å². The van der Waals surface area contributed by atoms with E-state index in [9.17, 15) is 9.59 Å². The summed E-state index contributed by atoms with van der Waals surface area (Å²) in [6, 6.07) is 2.19. The molecule has 0 radical (unpaired) electrons. The van der Waals surface area contributed by atoms with Crippen molar-refractivity contribution >= 4 is 23.2 Å². The summed E-state index contributed by atoms with van der Waals surface area (Å²) in [7, 11) is 0. The Morgan fingerprint density at radius 2 is 2.09 bits per heavy atom. The van der Waals surface area contributed by atoms with Crippen molar-refractivity contribution < 1.29 is 9.59 Å². The van der Waals surface area contributed by atoms with Crippen LogP contribution in [-0.2, 0) is 4.79 Å². The quantitative estimate of drug-likeness (QED) is 0.854. The summed E-state index contributed by atoms with van der Waals surface area (Å²) < 4.78 is 0. The highest BCUT2D eigenvalue weighted by Gasteiger charge is 2.43. The fourth-order valence-corrected chi connectivity index (χ4v) is 4.81. The van der Waals surface area contributed by atoms with Gasteiger partial charge in [-0.3, -0.25) is 9.59 Å². The summed E-state index contributed by atoms with van der Waals surface area (Å²) in [6.45, 7) is 4.25. The summed E-state index contributed by atoms with van der Waals surface area (Å²) in [4.78, 5) is 30.8. The molecule has 0 unspecified atom stereocenters. The van der Waals surface area contributed by atoms with E-state index in [0.29, 0.717) is 24.9 Å². The van der Waals surface area contributed by atoms with Crippen molar-refractivity contribution in [1.82, 2.24) is 9.80 Å². The molecule has 0 N–H and O–H groups in total. The molecule has 4 aliphatic rings. The minimum Gasteiger partial charge on any atom is -0.337 e. The predicted octanol–water partition coefficient (Wildman–Crippen LogP) is 2.92. The predicted molar refractivity (Wildman–Crippen MR) is 90.5 cm³/mol. The second-order valence-electron chi connectivity index (χ2n) is 7.37. The first-order valence-corrected chi connectivity index (χ1v) is 9.64. The van der Waals surface area contributed by atoms with Gasteiger partial charge in [0.15, 0.2) is 0 Å². The Hall–Kier alpha value is -1.36. The summed E-state index contributed by atoms with van der Waals surface area (Å²) in [5.74, 6) is 1.11. The third-order valence-electron chi connectivity index (χ3n) is 5.74. The number of hydrogen-bond donors (Lipinski definition) is 0. The highest BCUT2D eigenvalue weighted by molar-refractivity contribution is 7.10. The van der Waals surface area contributed by atoms with E-state index >= 15 is 0 Å². The smallest absolute Gasteiger partial charge is 0.254 e. The normalized spacial score (nSPS) is 28.0. The molecule has 3 aliphatic heterocycles. The topological polar surface area (TPSA) is 40.6 Å². The number of hydrogen-bond acceptors (Lipinski definition) is 3. The van der Waals surface area contributed by atoms with Gasteiger partial charge in [-0.05, 0) is 44.6 Å². The molecular formula is C18H24N2O2S. The van der Waals surface area contributed by atoms with E-state index in [4.69, 9.17) is 0 Å². The maximum absolute atomic E-state index is 12.8. The standard InChI is InChI=1S/C18H24N2O2S/c1-12-7-15(11-23-12)17(21)19-9-14-5-6-16(10-19)20(18(14)22)8-13-3-2-4-13/h7,11,13-14,16H,2-6,8-10H2,1H3/t14-,16+/m1/s1. The Balaban J connectivity index is 1.52. The first-order valence-electron chi connectivity index (χ1n) is 8.76. The van der Waals surface area contributed by atoms with Crippen LogP contribution in [0.3, 0.4) is 0 Å². The maximum Gasteiger partial charge on any atom is 0.254 e. The summed E-state index contributed by atoms with van der Waals surface area (Å²) >= 11 is 1.61. The zero-order chi connectivity index (χ0) is 16.0. The van der Waals surface area contributed by atoms with Crippen molar-refractivity contribution in [3.8, 4) is 0 Å². The molecule has 5 rings (SSSR count). The van der Waals surface area contributed by atoms with E-state index in [1.807, 2.05) is 23.3 Å². The fraction of sp³-hybridized carbons (Fsp3) is 0.667. The van der Waals surface area contributed by atoms with Crippen LogP contribution in [0.5, 0.6) is 0 Å². The molecule has 23 heavy (non-hydrogen) atoms. The van der Waals surface area contributed by atoms with Crippen LogP contribution < -0.4 is 0 Å². The van der Waals surface area contributed by atoms with Crippen molar-refractivity contribution in [1.29, 1.82) is 0 Å². The number of thiophene rings is 1. The molecule has 1 aliphatic carbocycles. The van der Waals surface area contributed by atoms with E-state index in [2.05, 4.69) is 4.90 Å². The summed E-state index contributed by atoms with van der Waals surface area (Å²) in [5.41, 5.74) is 0.784. The molecule has 0 spiro atoms. The number of piperidine rings is 1. The molecule has 3 saturated heterocycles. The van der Waals surface area contributed by atoms with Gasteiger partial charge in [0.2, 0.25) is 5.91 Å². The molecule has 2 amide bonds. The lowest BCUT2D eigenvalue weighted by atomic mass is 9.83. The number of carbonyl (C=O) groups is 2. The number of nitrogens with zero attached hydrogens (tertiary/aromatic N) is 2. The monoisotopic (exact) mass is 332 g/mol. The van der Waals surface area contributed by atoms with Crippen LogP contribution in [0.4, 0.5) is 0 Å². The van der Waals surface area contributed by atoms with Gasteiger partial charge in [0.25, 0.3) is 5.91 Å². The van der Waals surface area contributed by atoms with Crippen LogP contribution in [0.15, 0.2) is 11.4 Å². The Kier molecular flexibility index (Phi) is 3.92. The van der Waals surface area contributed by atoms with E-state index in [0.717, 1.165) is 29.8 Å². The molecule has 2 bridgehead atoms. The highest BCUT2D eigenvalue weighted by Crippen LogP contribution is 2.34. The Bertz CT molecular complexity index is 622. The van der Waals surface area contributed by atoms with Gasteiger partial charge in [0, 0.05) is 35.9 Å². The maximum atomic E-state index is 12.8. The molecule has 5 heteroatoms. The van der Waals surface area contributed by atoms with Gasteiger partial charge in [0.1, 0.15) is 0 Å². The van der Waals surface area contributed by atoms with E-state index < -0.39 is 0 Å². The van der Waals surface area contributed by atoms with Gasteiger partial charge in [-0.1, -0.05) is 6.42 Å². The minimum atomic E-state index is 0.0116. The third-order valence-corrected chi connectivity index (χ3v) is 6.60. The molecule has 0 aromatic carbocycles. The van der Waals surface area contributed by atoms with Gasteiger partial charge >= 0.3 is 0 Å². The second-order valence-corrected chi connectivity index (χ2v) is 8.49. The van der Waals surface area contributed by atoms with Crippen molar-refractivity contribution in [2.45, 2.75) is 45.1 Å². The lowest BCUT2D eigenvalue weighted by Gasteiger charge is -2.40. The molecule has 1 aromatic heterocycles. The van der Waals surface area contributed by atoms with Gasteiger partial charge in [0.05, 0.1) is 11.5 Å². The lowest BCUT2D eigenvalue weighted by molar-refractivity contribution is -0.141. The SMILES string of the molecule is Cc1cc(C(=O)N2C[C@H]3CC[C@@H](C2)N(CC2CCC2)C3=O)cs1. The summed E-state index contributed by atoms with van der Waals surface area (Å²) in [5, 5.41) is 1.94. The average Bonchev–Trinajstić information content (AvgIpc) is 2.75. The first-order chi connectivity index (χ1) is 11.1. The number of aryl methyl sites for hydroxylation is 1. The van der Waals surface area contributed by atoms with Gasteiger partial charge in [-0.25, -0.2) is 0 Å². The average molecular weight is 332 g/mol. The lowest BCUT2D eigenvalue weighted by Crippen LogP contribution is -2.50. The number of fused-ring (bicyclic) bond motifs is 4. The van der Waals surface area contributed by atoms with E-state index in [-0.39, 0.29) is 17.9 Å². The van der Waals surface area contributed by atoms with Gasteiger partial charge in [-0.15, -0.1) is 11.3 Å². The molecule has 4 fully saturated rings. The Morgan fingerprint density at radius 1 is 1.26 bits per heavy atom. The van der Waals surface area contributed by atoms with Crippen LogP contribution in [-0.4, -0.2) is 47.3 Å². The largest absolute Gasteiger partial charge is 0.337 e. The molecule has 4 heterocycles. The van der Waals surface area contributed by atoms with Gasteiger partial charge in [-0.2, -0.15) is 0 Å². The van der Waals surface area contributed by atoms with Crippen molar-refractivity contribution in [3.05, 3.63) is 21.9 Å². The molecule has 2 atom stereocenters. The summed E-state index contributed by atoms with van der Waals surface area (Å²) in [6.07, 6.45) is 5.82. The Labute approximate surface area is 141 Å². The zero-order valence-electron chi connectivity index (χ0n) is 13.7. The van der Waals surface area contributed by atoms with Crippen molar-refractivity contribution in [2.24, 2.45) is 11.8 Å². The molecular weight excluding hydrogens is 308 g/mol. The molecule has 124 valence electrons. The zero-order valence-corrected chi connectivity index (χ0v) is 14.5. The van der Waals surface area contributed by atoms with Crippen LogP contribution in [0.1, 0.15) is 47.3 Å². The van der Waals surface area contributed by atoms with E-state index in [1.54, 1.807) is 11.3 Å². The number of rotatable bonds is 3. The van der Waals surface area contributed by atoms with E-state index in [1.165, 1.54) is 19.3 Å². The second kappa shape index (κ2) is 5.93.